The van der Waals surface area contributed by atoms with Crippen molar-refractivity contribution in [3.63, 3.8) is 0 Å². The van der Waals surface area contributed by atoms with Gasteiger partial charge < -0.3 is 10.2 Å². The maximum atomic E-state index is 8.85. The minimum Gasteiger partial charge on any atom is -0.393 e. The molecule has 1 unspecified atom stereocenters. The van der Waals surface area contributed by atoms with E-state index in [9.17, 15) is 0 Å². The molecule has 1 atom stereocenters. The van der Waals surface area contributed by atoms with Crippen LogP contribution < -0.4 is 0 Å². The highest BCUT2D eigenvalue weighted by Gasteiger charge is 2.04. The lowest BCUT2D eigenvalue weighted by molar-refractivity contribution is 0.134. The van der Waals surface area contributed by atoms with E-state index in [0.717, 1.165) is 0 Å². The lowest BCUT2D eigenvalue weighted by Gasteiger charge is -2.07. The van der Waals surface area contributed by atoms with E-state index >= 15 is 0 Å². The van der Waals surface area contributed by atoms with Crippen LogP contribution in [0.4, 0.5) is 0 Å². The van der Waals surface area contributed by atoms with Gasteiger partial charge in [-0.2, -0.15) is 0 Å². The Labute approximate surface area is 50.2 Å². The summed E-state index contributed by atoms with van der Waals surface area (Å²) in [7, 11) is 0. The summed E-state index contributed by atoms with van der Waals surface area (Å²) in [5.41, 5.74) is 0. The van der Waals surface area contributed by atoms with Crippen molar-refractivity contribution in [3.05, 3.63) is 6.10 Å². The van der Waals surface area contributed by atoms with Crippen molar-refractivity contribution in [2.24, 2.45) is 0 Å². The third kappa shape index (κ3) is 4.09. The largest absolute Gasteiger partial charge is 0.393 e. The Morgan fingerprint density at radius 2 is 2.12 bits per heavy atom. The summed E-state index contributed by atoms with van der Waals surface area (Å²) in [6, 6.07) is 0. The number of rotatable bonds is 3. The van der Waals surface area contributed by atoms with Crippen LogP contribution in [0.2, 0.25) is 0 Å². The summed E-state index contributed by atoms with van der Waals surface area (Å²) in [5, 5.41) is 17.5. The van der Waals surface area contributed by atoms with Crippen LogP contribution >= 0.6 is 0 Å². The van der Waals surface area contributed by atoms with Crippen molar-refractivity contribution >= 4 is 0 Å². The topological polar surface area (TPSA) is 40.5 Å². The molecule has 0 amide bonds. The molecule has 0 aliphatic heterocycles. The molecule has 0 saturated carbocycles. The standard InChI is InChI=1S/C6H13O2/c1-3-6(8)4-5(2)7/h6-8H,3-4H2,1-2H3. The molecule has 8 heavy (non-hydrogen) atoms. The first-order valence-electron chi connectivity index (χ1n) is 2.86. The van der Waals surface area contributed by atoms with Crippen LogP contribution in [0.3, 0.4) is 0 Å². The Morgan fingerprint density at radius 3 is 2.25 bits per heavy atom. The average molecular weight is 117 g/mol. The van der Waals surface area contributed by atoms with Gasteiger partial charge in [-0.3, -0.25) is 0 Å². The lowest BCUT2D eigenvalue weighted by Crippen LogP contribution is -2.07. The number of aliphatic hydroxyl groups excluding tert-OH is 2. The predicted molar refractivity (Wildman–Crippen MR) is 31.8 cm³/mol. The van der Waals surface area contributed by atoms with Gasteiger partial charge in [-0.05, 0) is 13.3 Å². The SMILES string of the molecule is CCC(O)C[C](C)O. The average Bonchev–Trinajstić information content (AvgIpc) is 1.65. The van der Waals surface area contributed by atoms with Crippen molar-refractivity contribution in [2.75, 3.05) is 0 Å². The second kappa shape index (κ2) is 3.87. The monoisotopic (exact) mass is 117 g/mol. The third-order valence-corrected chi connectivity index (χ3v) is 1.00. The highest BCUT2D eigenvalue weighted by Crippen LogP contribution is 2.05. The molecule has 0 aromatic carbocycles. The maximum Gasteiger partial charge on any atom is 0.0928 e. The molecule has 0 aromatic rings. The van der Waals surface area contributed by atoms with Gasteiger partial charge in [0, 0.05) is 6.42 Å². The predicted octanol–water partition coefficient (Wildman–Crippen LogP) is 1.07. The molecule has 1 radical (unpaired) electrons. The summed E-state index contributed by atoms with van der Waals surface area (Å²) in [5.74, 6) is 0. The molecule has 0 bridgehead atoms. The van der Waals surface area contributed by atoms with E-state index in [1.54, 1.807) is 6.92 Å². The summed E-state index contributed by atoms with van der Waals surface area (Å²) >= 11 is 0. The fourth-order valence-electron chi connectivity index (χ4n) is 0.485. The van der Waals surface area contributed by atoms with E-state index in [1.807, 2.05) is 6.92 Å². The van der Waals surface area contributed by atoms with Gasteiger partial charge in [-0.1, -0.05) is 6.92 Å². The van der Waals surface area contributed by atoms with E-state index < -0.39 is 0 Å². The Kier molecular flexibility index (Phi) is 3.83. The van der Waals surface area contributed by atoms with Crippen LogP contribution in [-0.4, -0.2) is 16.3 Å². The van der Waals surface area contributed by atoms with Crippen LogP contribution in [0.1, 0.15) is 26.7 Å². The van der Waals surface area contributed by atoms with Crippen LogP contribution in [0, 0.1) is 6.10 Å². The molecule has 49 valence electrons. The first kappa shape index (κ1) is 7.92. The number of hydrogen-bond donors (Lipinski definition) is 2. The number of aliphatic hydroxyl groups is 2. The molecule has 0 saturated heterocycles. The lowest BCUT2D eigenvalue weighted by atomic mass is 10.1. The molecule has 0 aliphatic rings. The molecule has 0 aliphatic carbocycles. The molecule has 2 heteroatoms. The zero-order valence-corrected chi connectivity index (χ0v) is 5.39. The van der Waals surface area contributed by atoms with Crippen LogP contribution in [0.25, 0.3) is 0 Å². The molecule has 2 N–H and O–H groups in total. The van der Waals surface area contributed by atoms with Gasteiger partial charge in [-0.25, -0.2) is 0 Å². The van der Waals surface area contributed by atoms with E-state index in [-0.39, 0.29) is 6.10 Å². The normalized spacial score (nSPS) is 14.6. The first-order valence-corrected chi connectivity index (χ1v) is 2.86. The van der Waals surface area contributed by atoms with Crippen molar-refractivity contribution in [1.82, 2.24) is 0 Å². The van der Waals surface area contributed by atoms with Gasteiger partial charge in [0.05, 0.1) is 12.2 Å². The first-order chi connectivity index (χ1) is 3.66. The third-order valence-electron chi connectivity index (χ3n) is 1.00. The molecule has 2 nitrogen and oxygen atoms in total. The fourth-order valence-corrected chi connectivity index (χ4v) is 0.485. The second-order valence-electron chi connectivity index (χ2n) is 2.00. The van der Waals surface area contributed by atoms with Crippen molar-refractivity contribution in [3.8, 4) is 0 Å². The molecular formula is C6H13O2. The molecule has 0 aromatic heterocycles. The Balaban J connectivity index is 3.10. The van der Waals surface area contributed by atoms with Gasteiger partial charge in [0.1, 0.15) is 0 Å². The van der Waals surface area contributed by atoms with Gasteiger partial charge in [0.2, 0.25) is 0 Å². The summed E-state index contributed by atoms with van der Waals surface area (Å²) in [4.78, 5) is 0. The highest BCUT2D eigenvalue weighted by molar-refractivity contribution is 4.71. The Morgan fingerprint density at radius 1 is 1.62 bits per heavy atom. The number of hydrogen-bond acceptors (Lipinski definition) is 2. The van der Waals surface area contributed by atoms with Gasteiger partial charge >= 0.3 is 0 Å². The van der Waals surface area contributed by atoms with Crippen molar-refractivity contribution in [1.29, 1.82) is 0 Å². The van der Waals surface area contributed by atoms with Crippen molar-refractivity contribution in [2.45, 2.75) is 32.8 Å². The molecule has 0 fully saturated rings. The van der Waals surface area contributed by atoms with Crippen LogP contribution in [-0.2, 0) is 0 Å². The quantitative estimate of drug-likeness (QED) is 0.580. The van der Waals surface area contributed by atoms with E-state index in [2.05, 4.69) is 0 Å². The van der Waals surface area contributed by atoms with Crippen LogP contribution in [0.5, 0.6) is 0 Å². The summed E-state index contributed by atoms with van der Waals surface area (Å²) < 4.78 is 0. The molecule has 0 rings (SSSR count). The van der Waals surface area contributed by atoms with Gasteiger partial charge in [0.25, 0.3) is 0 Å². The zero-order chi connectivity index (χ0) is 6.57. The van der Waals surface area contributed by atoms with E-state index in [1.165, 1.54) is 0 Å². The zero-order valence-electron chi connectivity index (χ0n) is 5.39. The summed E-state index contributed by atoms with van der Waals surface area (Å²) in [6.45, 7) is 3.48. The van der Waals surface area contributed by atoms with E-state index in [0.29, 0.717) is 18.9 Å². The fraction of sp³-hybridized carbons (Fsp3) is 0.833. The molecular weight excluding hydrogens is 104 g/mol. The highest BCUT2D eigenvalue weighted by atomic mass is 16.3. The minimum absolute atomic E-state index is 0.305. The maximum absolute atomic E-state index is 8.85. The van der Waals surface area contributed by atoms with E-state index in [4.69, 9.17) is 10.2 Å². The van der Waals surface area contributed by atoms with Crippen LogP contribution in [0.15, 0.2) is 0 Å². The Hall–Kier alpha value is -0.0800. The van der Waals surface area contributed by atoms with Gasteiger partial charge in [0.15, 0.2) is 0 Å². The van der Waals surface area contributed by atoms with Crippen molar-refractivity contribution < 1.29 is 10.2 Å². The Bertz CT molecular complexity index is 52.5. The molecule has 0 spiro atoms. The summed E-state index contributed by atoms with van der Waals surface area (Å²) in [6.07, 6.45) is 1.06. The second-order valence-corrected chi connectivity index (χ2v) is 2.00. The minimum atomic E-state index is -0.361. The van der Waals surface area contributed by atoms with Gasteiger partial charge in [-0.15, -0.1) is 0 Å². The smallest absolute Gasteiger partial charge is 0.0928 e. The molecule has 0 heterocycles.